The third kappa shape index (κ3) is 4.03. The van der Waals surface area contributed by atoms with E-state index in [1.165, 1.54) is 0 Å². The molecule has 0 saturated carbocycles. The first-order valence-electron chi connectivity index (χ1n) is 4.68. The van der Waals surface area contributed by atoms with Crippen molar-refractivity contribution in [3.8, 4) is 0 Å². The number of nitrogens with one attached hydrogen (secondary N) is 1. The Morgan fingerprint density at radius 1 is 1.46 bits per heavy atom. The summed E-state index contributed by atoms with van der Waals surface area (Å²) in [5, 5.41) is 7.03. The molecule has 1 aromatic heterocycles. The Hall–Kier alpha value is -0.900. The van der Waals surface area contributed by atoms with E-state index >= 15 is 0 Å². The van der Waals surface area contributed by atoms with Gasteiger partial charge >= 0.3 is 0 Å². The van der Waals surface area contributed by atoms with Crippen molar-refractivity contribution in [2.75, 3.05) is 13.1 Å². The van der Waals surface area contributed by atoms with Gasteiger partial charge in [-0.05, 0) is 19.4 Å². The molecule has 0 aliphatic carbocycles. The van der Waals surface area contributed by atoms with E-state index in [0.29, 0.717) is 17.6 Å². The minimum Gasteiger partial charge on any atom is -0.339 e. The predicted octanol–water partition coefficient (Wildman–Crippen LogP) is 1.17. The molecule has 0 unspecified atom stereocenters. The van der Waals surface area contributed by atoms with Crippen molar-refractivity contribution in [2.45, 2.75) is 27.2 Å². The standard InChI is InChI=1S/C9H17N3O/c1-7(2)6-10-5-4-9-11-8(3)12-13-9/h7,10H,4-6H2,1-3H3. The Morgan fingerprint density at radius 2 is 2.23 bits per heavy atom. The van der Waals surface area contributed by atoms with Crippen LogP contribution in [0.3, 0.4) is 0 Å². The van der Waals surface area contributed by atoms with Gasteiger partial charge in [-0.2, -0.15) is 4.98 Å². The van der Waals surface area contributed by atoms with Crippen molar-refractivity contribution in [1.29, 1.82) is 0 Å². The number of aromatic nitrogens is 2. The zero-order valence-electron chi connectivity index (χ0n) is 8.50. The molecule has 4 nitrogen and oxygen atoms in total. The van der Waals surface area contributed by atoms with E-state index < -0.39 is 0 Å². The summed E-state index contributed by atoms with van der Waals surface area (Å²) in [6, 6.07) is 0. The molecule has 74 valence electrons. The first-order chi connectivity index (χ1) is 6.18. The van der Waals surface area contributed by atoms with Gasteiger partial charge < -0.3 is 9.84 Å². The summed E-state index contributed by atoms with van der Waals surface area (Å²) in [6.07, 6.45) is 0.813. The van der Waals surface area contributed by atoms with Gasteiger partial charge in [0.15, 0.2) is 5.82 Å². The molecule has 0 aliphatic rings. The fourth-order valence-corrected chi connectivity index (χ4v) is 1.03. The van der Waals surface area contributed by atoms with Crippen LogP contribution in [0.5, 0.6) is 0 Å². The second-order valence-corrected chi connectivity index (χ2v) is 3.58. The van der Waals surface area contributed by atoms with E-state index in [0.717, 1.165) is 19.5 Å². The maximum atomic E-state index is 4.97. The predicted molar refractivity (Wildman–Crippen MR) is 50.4 cm³/mol. The van der Waals surface area contributed by atoms with Gasteiger partial charge in [-0.1, -0.05) is 19.0 Å². The molecule has 13 heavy (non-hydrogen) atoms. The van der Waals surface area contributed by atoms with Crippen LogP contribution >= 0.6 is 0 Å². The molecule has 0 aliphatic heterocycles. The van der Waals surface area contributed by atoms with Crippen LogP contribution in [0.1, 0.15) is 25.6 Å². The van der Waals surface area contributed by atoms with Gasteiger partial charge in [0.2, 0.25) is 5.89 Å². The lowest BCUT2D eigenvalue weighted by Gasteiger charge is -2.04. The molecule has 0 saturated heterocycles. The molecule has 1 aromatic rings. The third-order valence-electron chi connectivity index (χ3n) is 1.64. The van der Waals surface area contributed by atoms with Crippen LogP contribution in [0.4, 0.5) is 0 Å². The van der Waals surface area contributed by atoms with Gasteiger partial charge in [-0.25, -0.2) is 0 Å². The highest BCUT2D eigenvalue weighted by atomic mass is 16.5. The van der Waals surface area contributed by atoms with E-state index in [1.54, 1.807) is 0 Å². The number of aryl methyl sites for hydroxylation is 1. The smallest absolute Gasteiger partial charge is 0.227 e. The summed E-state index contributed by atoms with van der Waals surface area (Å²) in [5.41, 5.74) is 0. The molecule has 1 N–H and O–H groups in total. The minimum atomic E-state index is 0.685. The molecular weight excluding hydrogens is 166 g/mol. The first kappa shape index (κ1) is 10.2. The summed E-state index contributed by atoms with van der Waals surface area (Å²) in [6.45, 7) is 8.13. The number of hydrogen-bond acceptors (Lipinski definition) is 4. The Morgan fingerprint density at radius 3 is 2.77 bits per heavy atom. The van der Waals surface area contributed by atoms with Crippen LogP contribution in [-0.2, 0) is 6.42 Å². The average molecular weight is 183 g/mol. The number of rotatable bonds is 5. The summed E-state index contributed by atoms with van der Waals surface area (Å²) in [7, 11) is 0. The summed E-state index contributed by atoms with van der Waals surface area (Å²) in [4.78, 5) is 4.11. The lowest BCUT2D eigenvalue weighted by atomic mass is 10.2. The van der Waals surface area contributed by atoms with Crippen LogP contribution in [0.2, 0.25) is 0 Å². The monoisotopic (exact) mass is 183 g/mol. The van der Waals surface area contributed by atoms with Gasteiger partial charge in [0.25, 0.3) is 0 Å². The van der Waals surface area contributed by atoms with Crippen LogP contribution < -0.4 is 5.32 Å². The van der Waals surface area contributed by atoms with Gasteiger partial charge in [0, 0.05) is 13.0 Å². The molecule has 0 atom stereocenters. The van der Waals surface area contributed by atoms with Crippen LogP contribution in [0.25, 0.3) is 0 Å². The quantitative estimate of drug-likeness (QED) is 0.696. The maximum absolute atomic E-state index is 4.97. The van der Waals surface area contributed by atoms with Crippen LogP contribution in [0, 0.1) is 12.8 Å². The fraction of sp³-hybridized carbons (Fsp3) is 0.778. The molecule has 0 radical (unpaired) electrons. The van der Waals surface area contributed by atoms with Gasteiger partial charge in [0.1, 0.15) is 0 Å². The van der Waals surface area contributed by atoms with Crippen molar-refractivity contribution in [1.82, 2.24) is 15.5 Å². The Bertz CT molecular complexity index is 245. The highest BCUT2D eigenvalue weighted by molar-refractivity contribution is 4.83. The Balaban J connectivity index is 2.13. The minimum absolute atomic E-state index is 0.685. The first-order valence-corrected chi connectivity index (χ1v) is 4.68. The molecule has 0 fully saturated rings. The summed E-state index contributed by atoms with van der Waals surface area (Å²) in [5.74, 6) is 2.11. The normalized spacial score (nSPS) is 11.1. The van der Waals surface area contributed by atoms with Gasteiger partial charge in [0.05, 0.1) is 0 Å². The molecular formula is C9H17N3O. The lowest BCUT2D eigenvalue weighted by molar-refractivity contribution is 0.371. The Kier molecular flexibility index (Phi) is 3.89. The van der Waals surface area contributed by atoms with Crippen molar-refractivity contribution in [3.63, 3.8) is 0 Å². The summed E-state index contributed by atoms with van der Waals surface area (Å²) < 4.78 is 4.97. The summed E-state index contributed by atoms with van der Waals surface area (Å²) >= 11 is 0. The maximum Gasteiger partial charge on any atom is 0.227 e. The van der Waals surface area contributed by atoms with Crippen molar-refractivity contribution in [2.24, 2.45) is 5.92 Å². The Labute approximate surface area is 78.7 Å². The largest absolute Gasteiger partial charge is 0.339 e. The topological polar surface area (TPSA) is 51.0 Å². The van der Waals surface area contributed by atoms with Gasteiger partial charge in [-0.15, -0.1) is 0 Å². The SMILES string of the molecule is Cc1noc(CCNCC(C)C)n1. The van der Waals surface area contributed by atoms with Crippen molar-refractivity contribution >= 4 is 0 Å². The second kappa shape index (κ2) is 4.97. The van der Waals surface area contributed by atoms with E-state index in [9.17, 15) is 0 Å². The number of nitrogens with zero attached hydrogens (tertiary/aromatic N) is 2. The van der Waals surface area contributed by atoms with Crippen molar-refractivity contribution in [3.05, 3.63) is 11.7 Å². The highest BCUT2D eigenvalue weighted by Gasteiger charge is 2.01. The van der Waals surface area contributed by atoms with E-state index in [2.05, 4.69) is 29.3 Å². The molecule has 1 heterocycles. The molecule has 0 spiro atoms. The second-order valence-electron chi connectivity index (χ2n) is 3.58. The third-order valence-corrected chi connectivity index (χ3v) is 1.64. The molecule has 0 bridgehead atoms. The van der Waals surface area contributed by atoms with Crippen LogP contribution in [-0.4, -0.2) is 23.2 Å². The highest BCUT2D eigenvalue weighted by Crippen LogP contribution is 1.95. The van der Waals surface area contributed by atoms with Crippen molar-refractivity contribution < 1.29 is 4.52 Å². The molecule has 1 rings (SSSR count). The van der Waals surface area contributed by atoms with E-state index in [1.807, 2.05) is 6.92 Å². The average Bonchev–Trinajstić information content (AvgIpc) is 2.45. The molecule has 0 aromatic carbocycles. The van der Waals surface area contributed by atoms with Gasteiger partial charge in [-0.3, -0.25) is 0 Å². The molecule has 4 heteroatoms. The van der Waals surface area contributed by atoms with Crippen LogP contribution in [0.15, 0.2) is 4.52 Å². The zero-order valence-corrected chi connectivity index (χ0v) is 8.50. The fourth-order valence-electron chi connectivity index (χ4n) is 1.03. The molecule has 0 amide bonds. The lowest BCUT2D eigenvalue weighted by Crippen LogP contribution is -2.22. The zero-order chi connectivity index (χ0) is 9.68. The van der Waals surface area contributed by atoms with E-state index in [4.69, 9.17) is 4.52 Å². The number of hydrogen-bond donors (Lipinski definition) is 1. The van der Waals surface area contributed by atoms with E-state index in [-0.39, 0.29) is 0 Å².